The molecular weight excluding hydrogens is 589 g/mol. The minimum absolute atomic E-state index is 0.0546. The highest BCUT2D eigenvalue weighted by molar-refractivity contribution is 6.32. The van der Waals surface area contributed by atoms with E-state index in [-0.39, 0.29) is 29.0 Å². The topological polar surface area (TPSA) is 120 Å². The number of nitrogens with one attached hydrogen (secondary N) is 1. The number of rotatable bonds is 7. The number of carbonyl (C=O) groups is 1. The molecule has 3 aromatic heterocycles. The van der Waals surface area contributed by atoms with Crippen LogP contribution in [0.3, 0.4) is 0 Å². The lowest BCUT2D eigenvalue weighted by Crippen LogP contribution is -2.36. The molecule has 0 aliphatic carbocycles. The van der Waals surface area contributed by atoms with Crippen LogP contribution < -0.4 is 15.8 Å². The molecule has 0 saturated carbocycles. The number of nitrogen functional groups attached to an aromatic ring is 1. The third-order valence-corrected chi connectivity index (χ3v) is 6.52. The zero-order chi connectivity index (χ0) is 30.0. The van der Waals surface area contributed by atoms with Gasteiger partial charge in [-0.3, -0.25) is 9.69 Å². The van der Waals surface area contributed by atoms with Crippen LogP contribution in [0, 0.1) is 11.6 Å². The minimum Gasteiger partial charge on any atom is -0.451 e. The molecule has 16 heteroatoms. The Morgan fingerprint density at radius 2 is 1.83 bits per heavy atom. The molecule has 1 amide bonds. The van der Waals surface area contributed by atoms with E-state index in [4.69, 9.17) is 26.8 Å². The summed E-state index contributed by atoms with van der Waals surface area (Å²) >= 11 is 5.97. The fourth-order valence-electron chi connectivity index (χ4n) is 4.25. The highest BCUT2D eigenvalue weighted by Crippen LogP contribution is 2.36. The largest absolute Gasteiger partial charge is 0.451 e. The molecule has 0 atom stereocenters. The predicted octanol–water partition coefficient (Wildman–Crippen LogP) is 5.07. The Kier molecular flexibility index (Phi) is 8.24. The monoisotopic (exact) mass is 609 g/mol. The maximum absolute atomic E-state index is 15.1. The number of carbonyl (C=O) groups excluding carboxylic acids is 1. The molecule has 5 rings (SSSR count). The van der Waals surface area contributed by atoms with Gasteiger partial charge in [0.25, 0.3) is 5.91 Å². The van der Waals surface area contributed by atoms with E-state index in [0.29, 0.717) is 54.9 Å². The summed E-state index contributed by atoms with van der Waals surface area (Å²) in [5.74, 6) is -4.81. The lowest BCUT2D eigenvalue weighted by molar-refractivity contribution is -0.143. The number of hydrogen-bond acceptors (Lipinski definition) is 8. The summed E-state index contributed by atoms with van der Waals surface area (Å²) in [6.07, 6.45) is -1.90. The van der Waals surface area contributed by atoms with Crippen molar-refractivity contribution in [2.45, 2.75) is 12.7 Å². The summed E-state index contributed by atoms with van der Waals surface area (Å²) in [6.45, 7) is 2.52. The third kappa shape index (κ3) is 6.12. The Labute approximate surface area is 239 Å². The van der Waals surface area contributed by atoms with Crippen molar-refractivity contribution >= 4 is 29.0 Å². The van der Waals surface area contributed by atoms with E-state index < -0.39 is 46.4 Å². The molecule has 1 aromatic carbocycles. The van der Waals surface area contributed by atoms with E-state index in [2.05, 4.69) is 20.4 Å². The average molecular weight is 610 g/mol. The highest BCUT2D eigenvalue weighted by atomic mass is 35.5. The van der Waals surface area contributed by atoms with Gasteiger partial charge in [-0.15, -0.1) is 0 Å². The van der Waals surface area contributed by atoms with Crippen molar-refractivity contribution in [2.24, 2.45) is 0 Å². The zero-order valence-corrected chi connectivity index (χ0v) is 22.2. The maximum Gasteiger partial charge on any atom is 0.434 e. The lowest BCUT2D eigenvalue weighted by atomic mass is 10.2. The average Bonchev–Trinajstić information content (AvgIpc) is 3.39. The highest BCUT2D eigenvalue weighted by Gasteiger charge is 2.41. The van der Waals surface area contributed by atoms with Crippen molar-refractivity contribution in [1.82, 2.24) is 24.6 Å². The second-order valence-electron chi connectivity index (χ2n) is 9.01. The summed E-state index contributed by atoms with van der Waals surface area (Å²) in [4.78, 5) is 22.7. The van der Waals surface area contributed by atoms with Crippen LogP contribution in [0.15, 0.2) is 48.9 Å². The number of nitrogens with two attached hydrogens (primary N) is 1. The van der Waals surface area contributed by atoms with E-state index in [0.717, 1.165) is 0 Å². The molecule has 220 valence electrons. The molecule has 0 unspecified atom stereocenters. The van der Waals surface area contributed by atoms with Gasteiger partial charge in [0, 0.05) is 49.8 Å². The van der Waals surface area contributed by atoms with Crippen molar-refractivity contribution in [2.75, 3.05) is 37.4 Å². The summed E-state index contributed by atoms with van der Waals surface area (Å²) in [5, 5.41) is 5.54. The molecule has 1 aliphatic heterocycles. The molecule has 1 aliphatic rings. The summed E-state index contributed by atoms with van der Waals surface area (Å²) in [6, 6.07) is 5.50. The Morgan fingerprint density at radius 1 is 1.12 bits per heavy atom. The minimum atomic E-state index is -5.07. The molecule has 0 spiro atoms. The van der Waals surface area contributed by atoms with Crippen LogP contribution in [0.2, 0.25) is 5.02 Å². The second kappa shape index (κ2) is 11.9. The van der Waals surface area contributed by atoms with Crippen molar-refractivity contribution < 1.29 is 36.2 Å². The van der Waals surface area contributed by atoms with Crippen molar-refractivity contribution in [3.8, 4) is 17.3 Å². The Hall–Kier alpha value is -4.34. The van der Waals surface area contributed by atoms with Gasteiger partial charge in [0.1, 0.15) is 11.6 Å². The molecule has 0 radical (unpaired) electrons. The van der Waals surface area contributed by atoms with Crippen LogP contribution in [0.5, 0.6) is 11.5 Å². The predicted molar refractivity (Wildman–Crippen MR) is 141 cm³/mol. The second-order valence-corrected chi connectivity index (χ2v) is 9.42. The first-order valence-corrected chi connectivity index (χ1v) is 12.7. The van der Waals surface area contributed by atoms with Crippen LogP contribution in [0.1, 0.15) is 21.6 Å². The van der Waals surface area contributed by atoms with E-state index in [1.165, 1.54) is 30.6 Å². The van der Waals surface area contributed by atoms with Crippen molar-refractivity contribution in [3.05, 3.63) is 82.4 Å². The summed E-state index contributed by atoms with van der Waals surface area (Å²) in [5.41, 5.74) is 3.54. The van der Waals surface area contributed by atoms with Gasteiger partial charge in [0.05, 0.1) is 35.6 Å². The number of aromatic nitrogens is 4. The van der Waals surface area contributed by atoms with Crippen LogP contribution in [-0.2, 0) is 17.5 Å². The summed E-state index contributed by atoms with van der Waals surface area (Å²) < 4.78 is 83.3. The number of halogens is 6. The van der Waals surface area contributed by atoms with Gasteiger partial charge in [-0.2, -0.15) is 18.3 Å². The fraction of sp³-hybridized carbons (Fsp3) is 0.231. The van der Waals surface area contributed by atoms with Crippen molar-refractivity contribution in [1.29, 1.82) is 0 Å². The molecule has 1 fully saturated rings. The van der Waals surface area contributed by atoms with Gasteiger partial charge < -0.3 is 20.5 Å². The molecule has 4 aromatic rings. The number of morpholine rings is 1. The lowest BCUT2D eigenvalue weighted by Gasteiger charge is -2.27. The zero-order valence-electron chi connectivity index (χ0n) is 21.5. The molecule has 1 saturated heterocycles. The van der Waals surface area contributed by atoms with Gasteiger partial charge in [-0.05, 0) is 18.2 Å². The number of ether oxygens (including phenoxy) is 2. The Morgan fingerprint density at radius 3 is 2.50 bits per heavy atom. The first kappa shape index (κ1) is 29.2. The van der Waals surface area contributed by atoms with Crippen LogP contribution in [0.4, 0.5) is 33.5 Å². The SMILES string of the molecule is Nc1nccc(Oc2c(F)cc(NC(=O)c3cnn(-c4ncccc4Cl)c3C(F)(F)F)cc2F)c1CN1CCOCC1. The first-order valence-electron chi connectivity index (χ1n) is 12.3. The van der Waals surface area contributed by atoms with Gasteiger partial charge >= 0.3 is 6.18 Å². The van der Waals surface area contributed by atoms with Crippen LogP contribution >= 0.6 is 11.6 Å². The fourth-order valence-corrected chi connectivity index (χ4v) is 4.45. The first-order chi connectivity index (χ1) is 20.0. The standard InChI is InChI=1S/C26H21ClF5N7O3/c27-17-2-1-4-35-24(17)39-22(26(30,31)32)15(12-36-39)25(40)37-14-10-18(28)21(19(29)11-14)42-20-3-5-34-23(33)16(20)13-38-6-8-41-9-7-38/h1-5,10-12H,6-9,13H2,(H2,33,34)(H,37,40). The third-order valence-electron chi connectivity index (χ3n) is 6.22. The quantitative estimate of drug-likeness (QED) is 0.279. The van der Waals surface area contributed by atoms with Crippen LogP contribution in [0.25, 0.3) is 5.82 Å². The molecular formula is C26H21ClF5N7O3. The molecule has 42 heavy (non-hydrogen) atoms. The summed E-state index contributed by atoms with van der Waals surface area (Å²) in [7, 11) is 0. The van der Waals surface area contributed by atoms with Gasteiger partial charge in [-0.1, -0.05) is 11.6 Å². The number of pyridine rings is 2. The number of nitrogens with zero attached hydrogens (tertiary/aromatic N) is 5. The van der Waals surface area contributed by atoms with E-state index in [1.54, 1.807) is 0 Å². The number of anilines is 2. The molecule has 3 N–H and O–H groups in total. The van der Waals surface area contributed by atoms with E-state index in [1.807, 2.05) is 4.90 Å². The van der Waals surface area contributed by atoms with Gasteiger partial charge in [0.15, 0.2) is 28.9 Å². The van der Waals surface area contributed by atoms with Crippen LogP contribution in [-0.4, -0.2) is 56.9 Å². The van der Waals surface area contributed by atoms with E-state index >= 15 is 8.78 Å². The van der Waals surface area contributed by atoms with Gasteiger partial charge in [-0.25, -0.2) is 23.4 Å². The Balaban J connectivity index is 1.40. The normalized spacial score (nSPS) is 14.1. The molecule has 10 nitrogen and oxygen atoms in total. The molecule has 4 heterocycles. The smallest absolute Gasteiger partial charge is 0.434 e. The number of hydrogen-bond donors (Lipinski definition) is 2. The van der Waals surface area contributed by atoms with E-state index in [9.17, 15) is 18.0 Å². The number of amides is 1. The Bertz CT molecular complexity index is 1600. The van der Waals surface area contributed by atoms with Gasteiger partial charge in [0.2, 0.25) is 0 Å². The molecule has 0 bridgehead atoms. The number of benzene rings is 1. The number of alkyl halides is 3. The van der Waals surface area contributed by atoms with Crippen molar-refractivity contribution in [3.63, 3.8) is 0 Å². The maximum atomic E-state index is 15.1.